The van der Waals surface area contributed by atoms with Crippen LogP contribution in [0.5, 0.6) is 0 Å². The number of carbonyl (C=O) groups is 1. The van der Waals surface area contributed by atoms with Crippen molar-refractivity contribution in [3.8, 4) is 11.4 Å². The molecule has 1 atom stereocenters. The standard InChI is InChI=1S/C22H24N6O3S/c1-4-7-18(21(29)23-2)25-22-24-17-9-6-5-8-16(17)20-26-19(27-28(20)22)14-10-12-15(13-11-14)32(3,30)31/h5-6,8-13,18H,4,7H2,1-3H3,(H,23,29)(H,24,25)/t18-/m1/s1. The molecule has 32 heavy (non-hydrogen) atoms. The van der Waals surface area contributed by atoms with Crippen LogP contribution in [-0.2, 0) is 14.6 Å². The minimum Gasteiger partial charge on any atom is -0.357 e. The number of rotatable bonds is 7. The van der Waals surface area contributed by atoms with Gasteiger partial charge in [0.1, 0.15) is 6.04 Å². The number of likely N-dealkylation sites (N-methyl/N-ethyl adjacent to an activating group) is 1. The van der Waals surface area contributed by atoms with E-state index in [9.17, 15) is 13.2 Å². The lowest BCUT2D eigenvalue weighted by atomic mass is 10.1. The zero-order valence-electron chi connectivity index (χ0n) is 18.0. The second kappa shape index (κ2) is 8.54. The second-order valence-electron chi connectivity index (χ2n) is 7.52. The molecule has 0 aliphatic carbocycles. The van der Waals surface area contributed by atoms with Gasteiger partial charge in [-0.25, -0.2) is 18.4 Å². The van der Waals surface area contributed by atoms with Crippen molar-refractivity contribution < 1.29 is 13.2 Å². The lowest BCUT2D eigenvalue weighted by molar-refractivity contribution is -0.121. The van der Waals surface area contributed by atoms with E-state index in [4.69, 9.17) is 4.98 Å². The topological polar surface area (TPSA) is 118 Å². The SMILES string of the molecule is CCC[C@@H](Nc1nc2ccccc2c2nc(-c3ccc(S(C)(=O)=O)cc3)nn12)C(=O)NC. The van der Waals surface area contributed by atoms with Crippen molar-refractivity contribution in [1.82, 2.24) is 24.9 Å². The normalized spacial score (nSPS) is 12.7. The first-order valence-electron chi connectivity index (χ1n) is 10.3. The van der Waals surface area contributed by atoms with Crippen LogP contribution in [0.2, 0.25) is 0 Å². The van der Waals surface area contributed by atoms with Crippen LogP contribution < -0.4 is 10.6 Å². The van der Waals surface area contributed by atoms with E-state index in [0.29, 0.717) is 29.4 Å². The molecule has 0 aliphatic heterocycles. The van der Waals surface area contributed by atoms with Crippen LogP contribution in [-0.4, -0.2) is 53.3 Å². The third kappa shape index (κ3) is 4.13. The first-order chi connectivity index (χ1) is 15.3. The maximum Gasteiger partial charge on any atom is 0.242 e. The first kappa shape index (κ1) is 21.7. The number of carbonyl (C=O) groups excluding carboxylic acids is 1. The van der Waals surface area contributed by atoms with Gasteiger partial charge in [0.2, 0.25) is 11.9 Å². The fourth-order valence-electron chi connectivity index (χ4n) is 3.51. The van der Waals surface area contributed by atoms with Crippen LogP contribution in [0, 0.1) is 0 Å². The smallest absolute Gasteiger partial charge is 0.242 e. The van der Waals surface area contributed by atoms with Gasteiger partial charge in [-0.2, -0.15) is 4.52 Å². The van der Waals surface area contributed by atoms with Gasteiger partial charge in [-0.1, -0.05) is 25.5 Å². The van der Waals surface area contributed by atoms with E-state index >= 15 is 0 Å². The van der Waals surface area contributed by atoms with E-state index in [0.717, 1.165) is 17.3 Å². The van der Waals surface area contributed by atoms with Crippen LogP contribution in [0.15, 0.2) is 53.4 Å². The molecule has 9 nitrogen and oxygen atoms in total. The van der Waals surface area contributed by atoms with Gasteiger partial charge in [0.15, 0.2) is 21.3 Å². The van der Waals surface area contributed by atoms with Crippen LogP contribution in [0.4, 0.5) is 5.95 Å². The maximum absolute atomic E-state index is 12.3. The molecule has 1 amide bonds. The summed E-state index contributed by atoms with van der Waals surface area (Å²) in [7, 11) is -1.69. The third-order valence-electron chi connectivity index (χ3n) is 5.16. The Kier molecular flexibility index (Phi) is 5.79. The zero-order chi connectivity index (χ0) is 22.9. The number of hydrogen-bond acceptors (Lipinski definition) is 7. The maximum atomic E-state index is 12.3. The number of nitrogens with zero attached hydrogens (tertiary/aromatic N) is 4. The van der Waals surface area contributed by atoms with Crippen molar-refractivity contribution in [2.75, 3.05) is 18.6 Å². The molecule has 10 heteroatoms. The highest BCUT2D eigenvalue weighted by atomic mass is 32.2. The Bertz CT molecular complexity index is 1400. The van der Waals surface area contributed by atoms with E-state index in [2.05, 4.69) is 20.7 Å². The van der Waals surface area contributed by atoms with Gasteiger partial charge < -0.3 is 10.6 Å². The average molecular weight is 453 g/mol. The van der Waals surface area contributed by atoms with E-state index in [-0.39, 0.29) is 10.8 Å². The van der Waals surface area contributed by atoms with Gasteiger partial charge >= 0.3 is 0 Å². The van der Waals surface area contributed by atoms with Crippen LogP contribution in [0.25, 0.3) is 27.9 Å². The molecule has 0 saturated carbocycles. The lowest BCUT2D eigenvalue weighted by Crippen LogP contribution is -2.38. The summed E-state index contributed by atoms with van der Waals surface area (Å²) in [5, 5.41) is 11.3. The second-order valence-corrected chi connectivity index (χ2v) is 9.54. The summed E-state index contributed by atoms with van der Waals surface area (Å²) >= 11 is 0. The molecule has 4 rings (SSSR count). The van der Waals surface area contributed by atoms with E-state index in [1.54, 1.807) is 23.7 Å². The quantitative estimate of drug-likeness (QED) is 0.442. The summed E-state index contributed by atoms with van der Waals surface area (Å²) in [4.78, 5) is 22.0. The number of aromatic nitrogens is 4. The fourth-order valence-corrected chi connectivity index (χ4v) is 4.14. The number of anilines is 1. The molecule has 2 heterocycles. The highest BCUT2D eigenvalue weighted by Gasteiger charge is 2.21. The fraction of sp³-hybridized carbons (Fsp3) is 0.273. The van der Waals surface area contributed by atoms with Crippen molar-refractivity contribution in [3.63, 3.8) is 0 Å². The third-order valence-corrected chi connectivity index (χ3v) is 6.29. The molecule has 0 radical (unpaired) electrons. The van der Waals surface area contributed by atoms with Crippen molar-refractivity contribution in [2.24, 2.45) is 0 Å². The van der Waals surface area contributed by atoms with E-state index in [1.807, 2.05) is 31.2 Å². The summed E-state index contributed by atoms with van der Waals surface area (Å²) in [5.74, 6) is 0.706. The minimum absolute atomic E-state index is 0.133. The zero-order valence-corrected chi connectivity index (χ0v) is 18.8. The van der Waals surface area contributed by atoms with Gasteiger partial charge in [0.05, 0.1) is 10.4 Å². The Morgan fingerprint density at radius 1 is 1.09 bits per heavy atom. The first-order valence-corrected chi connectivity index (χ1v) is 12.1. The number of hydrogen-bond donors (Lipinski definition) is 2. The molecular formula is C22H24N6O3S. The summed E-state index contributed by atoms with van der Waals surface area (Å²) in [6.07, 6.45) is 2.61. The molecule has 0 spiro atoms. The molecule has 0 aliphatic rings. The van der Waals surface area contributed by atoms with Gasteiger partial charge in [-0.15, -0.1) is 5.10 Å². The van der Waals surface area contributed by atoms with Crippen LogP contribution in [0.3, 0.4) is 0 Å². The van der Waals surface area contributed by atoms with Gasteiger partial charge in [0.25, 0.3) is 0 Å². The van der Waals surface area contributed by atoms with Gasteiger partial charge in [-0.05, 0) is 42.8 Å². The largest absolute Gasteiger partial charge is 0.357 e. The summed E-state index contributed by atoms with van der Waals surface area (Å²) in [6, 6.07) is 13.5. The number of benzene rings is 2. The molecule has 2 aromatic carbocycles. The van der Waals surface area contributed by atoms with Crippen molar-refractivity contribution in [1.29, 1.82) is 0 Å². The number of nitrogens with one attached hydrogen (secondary N) is 2. The summed E-state index contributed by atoms with van der Waals surface area (Å²) in [5.41, 5.74) is 1.99. The Balaban J connectivity index is 1.85. The Hall–Kier alpha value is -3.53. The molecule has 2 aromatic heterocycles. The molecule has 0 unspecified atom stereocenters. The number of fused-ring (bicyclic) bond motifs is 3. The highest BCUT2D eigenvalue weighted by molar-refractivity contribution is 7.90. The molecule has 166 valence electrons. The van der Waals surface area contributed by atoms with Crippen LogP contribution >= 0.6 is 0 Å². The summed E-state index contributed by atoms with van der Waals surface area (Å²) < 4.78 is 25.1. The Morgan fingerprint density at radius 3 is 2.47 bits per heavy atom. The summed E-state index contributed by atoms with van der Waals surface area (Å²) in [6.45, 7) is 2.01. The van der Waals surface area contributed by atoms with E-state index in [1.165, 1.54) is 18.4 Å². The van der Waals surface area contributed by atoms with Crippen LogP contribution in [0.1, 0.15) is 19.8 Å². The predicted octanol–water partition coefficient (Wildman–Crippen LogP) is 2.67. The predicted molar refractivity (Wildman–Crippen MR) is 123 cm³/mol. The average Bonchev–Trinajstić information content (AvgIpc) is 3.24. The van der Waals surface area contributed by atoms with Gasteiger partial charge in [0, 0.05) is 24.3 Å². The van der Waals surface area contributed by atoms with Crippen molar-refractivity contribution in [2.45, 2.75) is 30.7 Å². The monoisotopic (exact) mass is 452 g/mol. The van der Waals surface area contributed by atoms with Gasteiger partial charge in [-0.3, -0.25) is 4.79 Å². The van der Waals surface area contributed by atoms with E-state index < -0.39 is 15.9 Å². The molecular weight excluding hydrogens is 428 g/mol. The molecule has 0 saturated heterocycles. The Morgan fingerprint density at radius 2 is 1.81 bits per heavy atom. The highest BCUT2D eigenvalue weighted by Crippen LogP contribution is 2.25. The molecule has 4 aromatic rings. The number of sulfone groups is 1. The molecule has 0 bridgehead atoms. The lowest BCUT2D eigenvalue weighted by Gasteiger charge is -2.17. The van der Waals surface area contributed by atoms with Crippen molar-refractivity contribution >= 4 is 38.2 Å². The molecule has 0 fully saturated rings. The minimum atomic E-state index is -3.30. The molecule has 2 N–H and O–H groups in total. The number of amides is 1. The van der Waals surface area contributed by atoms with Crippen molar-refractivity contribution in [3.05, 3.63) is 48.5 Å². The Labute approximate surface area is 185 Å². The number of para-hydroxylation sites is 1.